The Hall–Kier alpha value is 0.230. The molecule has 0 aromatic rings. The number of aliphatic hydroxyl groups excluding tert-OH is 1. The van der Waals surface area contributed by atoms with E-state index >= 15 is 0 Å². The number of amides is 1. The molecule has 0 fully saturated rings. The van der Waals surface area contributed by atoms with Gasteiger partial charge in [0.25, 0.3) is 0 Å². The second-order valence-corrected chi connectivity index (χ2v) is 4.02. The predicted molar refractivity (Wildman–Crippen MR) is 52.1 cm³/mol. The molecular formula is C8H18ClNO2S. The van der Waals surface area contributed by atoms with Crippen molar-refractivity contribution in [3.8, 4) is 0 Å². The first-order valence-corrected chi connectivity index (χ1v) is 4.63. The van der Waals surface area contributed by atoms with E-state index in [1.165, 1.54) is 0 Å². The first-order chi connectivity index (χ1) is 5.45. The monoisotopic (exact) mass is 227 g/mol. The molecule has 0 bridgehead atoms. The highest BCUT2D eigenvalue weighted by Crippen LogP contribution is 2.09. The molecule has 0 saturated heterocycles. The Morgan fingerprint density at radius 3 is 2.31 bits per heavy atom. The molecule has 0 rings (SSSR count). The molecule has 0 heterocycles. The number of hydrogen-bond donors (Lipinski definition) is 2. The number of hydrogen-bond acceptors (Lipinski definition) is 3. The van der Waals surface area contributed by atoms with Crippen LogP contribution in [0.1, 0.15) is 13.3 Å². The number of nitrogens with zero attached hydrogens (tertiary/aromatic N) is 1. The van der Waals surface area contributed by atoms with Crippen molar-refractivity contribution >= 4 is 18.5 Å². The standard InChI is InChI=1S/C8H17NO2S.ClH/c1-4-7(12)8(11)9(2,3)5-6-10;/h7,10H,4-6H2,1-3H3;1H. The number of carbonyl (C=O) groups is 1. The van der Waals surface area contributed by atoms with E-state index in [2.05, 4.69) is 12.6 Å². The largest absolute Gasteiger partial charge is 1.00 e. The highest BCUT2D eigenvalue weighted by molar-refractivity contribution is 7.81. The normalized spacial score (nSPS) is 13.3. The topological polar surface area (TPSA) is 37.3 Å². The van der Waals surface area contributed by atoms with Gasteiger partial charge in [0.15, 0.2) is 0 Å². The SMILES string of the molecule is CCC(S)C(=O)[N+](C)(C)CCO.[Cl-]. The third-order valence-corrected chi connectivity index (χ3v) is 2.51. The summed E-state index contributed by atoms with van der Waals surface area (Å²) in [5, 5.41) is 8.50. The smallest absolute Gasteiger partial charge is 0.326 e. The van der Waals surface area contributed by atoms with Gasteiger partial charge in [-0.2, -0.15) is 12.6 Å². The van der Waals surface area contributed by atoms with Crippen molar-refractivity contribution < 1.29 is 26.8 Å². The summed E-state index contributed by atoms with van der Waals surface area (Å²) in [6, 6.07) is 0. The molecule has 1 unspecified atom stereocenters. The Morgan fingerprint density at radius 1 is 1.54 bits per heavy atom. The van der Waals surface area contributed by atoms with Crippen LogP contribution in [0.25, 0.3) is 0 Å². The van der Waals surface area contributed by atoms with E-state index in [1.807, 2.05) is 6.92 Å². The van der Waals surface area contributed by atoms with E-state index in [0.717, 1.165) is 6.42 Å². The fraction of sp³-hybridized carbons (Fsp3) is 0.875. The number of likely N-dealkylation sites (N-methyl/N-ethyl adjacent to an activating group) is 1. The van der Waals surface area contributed by atoms with Crippen LogP contribution in [0.3, 0.4) is 0 Å². The lowest BCUT2D eigenvalue weighted by Crippen LogP contribution is -3.00. The molecule has 1 N–H and O–H groups in total. The summed E-state index contributed by atoms with van der Waals surface area (Å²) in [5.41, 5.74) is 0. The van der Waals surface area contributed by atoms with Gasteiger partial charge in [0.05, 0.1) is 20.7 Å². The van der Waals surface area contributed by atoms with Gasteiger partial charge in [-0.05, 0) is 6.42 Å². The first kappa shape index (κ1) is 15.7. The van der Waals surface area contributed by atoms with Crippen LogP contribution in [-0.2, 0) is 4.79 Å². The van der Waals surface area contributed by atoms with Crippen molar-refractivity contribution in [3.05, 3.63) is 0 Å². The fourth-order valence-corrected chi connectivity index (χ4v) is 1.25. The maximum atomic E-state index is 11.6. The van der Waals surface area contributed by atoms with Crippen LogP contribution in [0.15, 0.2) is 0 Å². The molecule has 1 amide bonds. The van der Waals surface area contributed by atoms with Crippen LogP contribution in [-0.4, -0.2) is 48.0 Å². The van der Waals surface area contributed by atoms with Crippen molar-refractivity contribution in [1.82, 2.24) is 0 Å². The lowest BCUT2D eigenvalue weighted by atomic mass is 10.2. The summed E-state index contributed by atoms with van der Waals surface area (Å²) in [4.78, 5) is 11.6. The third-order valence-electron chi connectivity index (χ3n) is 1.93. The molecular weight excluding hydrogens is 210 g/mol. The zero-order valence-electron chi connectivity index (χ0n) is 8.33. The summed E-state index contributed by atoms with van der Waals surface area (Å²) in [6.45, 7) is 2.41. The zero-order valence-corrected chi connectivity index (χ0v) is 9.98. The van der Waals surface area contributed by atoms with Gasteiger partial charge in [-0.15, -0.1) is 0 Å². The van der Waals surface area contributed by atoms with E-state index in [-0.39, 0.29) is 34.7 Å². The van der Waals surface area contributed by atoms with Gasteiger partial charge >= 0.3 is 5.91 Å². The Kier molecular flexibility index (Phi) is 8.03. The second kappa shape index (κ2) is 6.65. The summed E-state index contributed by atoms with van der Waals surface area (Å²) < 4.78 is 0.207. The molecule has 0 aliphatic rings. The second-order valence-electron chi connectivity index (χ2n) is 3.39. The van der Waals surface area contributed by atoms with E-state index < -0.39 is 0 Å². The van der Waals surface area contributed by atoms with E-state index in [0.29, 0.717) is 6.54 Å². The number of halogens is 1. The maximum Gasteiger partial charge on any atom is 0.326 e. The van der Waals surface area contributed by atoms with Gasteiger partial charge in [-0.1, -0.05) is 6.92 Å². The number of thiol groups is 1. The number of aliphatic hydroxyl groups is 1. The molecule has 3 nitrogen and oxygen atoms in total. The van der Waals surface area contributed by atoms with Gasteiger partial charge in [-0.3, -0.25) is 4.48 Å². The molecule has 80 valence electrons. The third kappa shape index (κ3) is 4.86. The number of quaternary nitrogens is 1. The van der Waals surface area contributed by atoms with Gasteiger partial charge < -0.3 is 17.5 Å². The van der Waals surface area contributed by atoms with Gasteiger partial charge in [0, 0.05) is 0 Å². The van der Waals surface area contributed by atoms with Crippen LogP contribution in [0.4, 0.5) is 0 Å². The van der Waals surface area contributed by atoms with Crippen molar-refractivity contribution in [2.24, 2.45) is 0 Å². The van der Waals surface area contributed by atoms with Crippen LogP contribution in [0.2, 0.25) is 0 Å². The number of carbonyl (C=O) groups excluding carboxylic acids is 1. The predicted octanol–water partition coefficient (Wildman–Crippen LogP) is -2.71. The molecule has 0 radical (unpaired) electrons. The molecule has 0 aliphatic carbocycles. The van der Waals surface area contributed by atoms with Gasteiger partial charge in [0.2, 0.25) is 0 Å². The molecule has 0 saturated carbocycles. The molecule has 13 heavy (non-hydrogen) atoms. The molecule has 5 heteroatoms. The fourth-order valence-electron chi connectivity index (χ4n) is 0.938. The first-order valence-electron chi connectivity index (χ1n) is 4.12. The summed E-state index contributed by atoms with van der Waals surface area (Å²) in [5.74, 6) is 0.0647. The Bertz CT molecular complexity index is 164. The zero-order chi connectivity index (χ0) is 9.78. The minimum atomic E-state index is -0.216. The minimum Gasteiger partial charge on any atom is -1.00 e. The quantitative estimate of drug-likeness (QED) is 0.405. The van der Waals surface area contributed by atoms with Crippen LogP contribution in [0, 0.1) is 0 Å². The minimum absolute atomic E-state index is 0. The summed E-state index contributed by atoms with van der Waals surface area (Å²) in [7, 11) is 3.58. The van der Waals surface area contributed by atoms with E-state index in [9.17, 15) is 4.79 Å². The van der Waals surface area contributed by atoms with Crippen LogP contribution in [0.5, 0.6) is 0 Å². The Morgan fingerprint density at radius 2 is 2.00 bits per heavy atom. The van der Waals surface area contributed by atoms with Crippen LogP contribution < -0.4 is 12.4 Å². The molecule has 0 aliphatic heterocycles. The molecule has 0 spiro atoms. The lowest BCUT2D eigenvalue weighted by Gasteiger charge is -2.27. The lowest BCUT2D eigenvalue weighted by molar-refractivity contribution is -0.814. The average Bonchev–Trinajstić information content (AvgIpc) is 2.01. The van der Waals surface area contributed by atoms with Gasteiger partial charge in [0.1, 0.15) is 11.8 Å². The Labute approximate surface area is 91.5 Å². The van der Waals surface area contributed by atoms with Crippen LogP contribution >= 0.6 is 12.6 Å². The van der Waals surface area contributed by atoms with Crippen molar-refractivity contribution in [2.75, 3.05) is 27.2 Å². The molecule has 0 aromatic heterocycles. The van der Waals surface area contributed by atoms with Crippen molar-refractivity contribution in [2.45, 2.75) is 18.6 Å². The Balaban J connectivity index is 0. The van der Waals surface area contributed by atoms with E-state index in [4.69, 9.17) is 5.11 Å². The van der Waals surface area contributed by atoms with Gasteiger partial charge in [-0.25, -0.2) is 4.79 Å². The van der Waals surface area contributed by atoms with Crippen molar-refractivity contribution in [3.63, 3.8) is 0 Å². The van der Waals surface area contributed by atoms with Crippen molar-refractivity contribution in [1.29, 1.82) is 0 Å². The summed E-state index contributed by atoms with van der Waals surface area (Å²) >= 11 is 4.16. The average molecular weight is 228 g/mol. The number of rotatable bonds is 4. The molecule has 0 aromatic carbocycles. The highest BCUT2D eigenvalue weighted by atomic mass is 35.5. The van der Waals surface area contributed by atoms with E-state index in [1.54, 1.807) is 14.1 Å². The maximum absolute atomic E-state index is 11.6. The molecule has 1 atom stereocenters. The summed E-state index contributed by atoms with van der Waals surface area (Å²) in [6.07, 6.45) is 0.731. The highest BCUT2D eigenvalue weighted by Gasteiger charge is 2.30.